The summed E-state index contributed by atoms with van der Waals surface area (Å²) >= 11 is 6.00. The number of fused-ring (bicyclic) bond motifs is 1. The van der Waals surface area contributed by atoms with E-state index in [2.05, 4.69) is 54.2 Å². The Bertz CT molecular complexity index is 873. The summed E-state index contributed by atoms with van der Waals surface area (Å²) in [4.78, 5) is 39.5. The molecule has 0 saturated heterocycles. The number of halogens is 1. The van der Waals surface area contributed by atoms with Crippen LogP contribution in [-0.4, -0.2) is 44.3 Å². The number of benzene rings is 1. The molecule has 0 aliphatic heterocycles. The van der Waals surface area contributed by atoms with Gasteiger partial charge < -0.3 is 25.0 Å². The van der Waals surface area contributed by atoms with Crippen molar-refractivity contribution in [2.24, 2.45) is 0 Å². The molecule has 3 rings (SSSR count). The summed E-state index contributed by atoms with van der Waals surface area (Å²) in [6, 6.07) is 7.59. The van der Waals surface area contributed by atoms with Gasteiger partial charge >= 0.3 is 17.1 Å². The van der Waals surface area contributed by atoms with Gasteiger partial charge in [-0.2, -0.15) is 0 Å². The van der Waals surface area contributed by atoms with Crippen molar-refractivity contribution < 1.29 is 36.2 Å². The van der Waals surface area contributed by atoms with Gasteiger partial charge in [0.1, 0.15) is 0 Å². The van der Waals surface area contributed by atoms with Gasteiger partial charge in [-0.15, -0.1) is 0 Å². The van der Waals surface area contributed by atoms with Crippen LogP contribution in [0, 0.1) is 0 Å². The predicted octanol–water partition coefficient (Wildman–Crippen LogP) is 3.65. The number of carbonyl (C=O) groups is 1. The molecule has 0 spiro atoms. The van der Waals surface area contributed by atoms with Gasteiger partial charge in [0.15, 0.2) is 0 Å². The van der Waals surface area contributed by atoms with E-state index in [1.54, 1.807) is 6.20 Å². The van der Waals surface area contributed by atoms with E-state index in [9.17, 15) is 4.79 Å². The molecule has 0 unspecified atom stereocenters. The van der Waals surface area contributed by atoms with Crippen molar-refractivity contribution in [1.29, 1.82) is 0 Å². The van der Waals surface area contributed by atoms with E-state index in [4.69, 9.17) is 26.0 Å². The number of nitrogens with one attached hydrogen (secondary N) is 2. The molecule has 0 saturated carbocycles. The van der Waals surface area contributed by atoms with Crippen LogP contribution in [0.25, 0.3) is 10.9 Å². The smallest absolute Gasteiger partial charge is 0.545 e. The number of carbonyl (C=O) groups excluding carboxylic acids is 4. The van der Waals surface area contributed by atoms with Crippen LogP contribution < -0.4 is 10.6 Å². The van der Waals surface area contributed by atoms with Crippen LogP contribution in [0.1, 0.15) is 25.7 Å². The van der Waals surface area contributed by atoms with Gasteiger partial charge in [-0.1, -0.05) is 35.4 Å². The Hall–Kier alpha value is -2.80. The first-order valence-corrected chi connectivity index (χ1v) is 9.70. The minimum Gasteiger partial charge on any atom is -0.545 e. The summed E-state index contributed by atoms with van der Waals surface area (Å²) in [5.41, 5.74) is 3.27. The average Bonchev–Trinajstić information content (AvgIpc) is 3.34. The molecule has 0 radical (unpaired) electrons. The van der Waals surface area contributed by atoms with Crippen LogP contribution in [0.15, 0.2) is 54.3 Å². The van der Waals surface area contributed by atoms with Gasteiger partial charge in [-0.3, -0.25) is 30.1 Å². The monoisotopic (exact) mass is 497 g/mol. The Kier molecular flexibility index (Phi) is 19.7. The third-order valence-electron chi connectivity index (χ3n) is 4.22. The number of allylic oxidation sites excluding steroid dienone is 4. The Morgan fingerprint density at radius 1 is 1.06 bits per heavy atom. The van der Waals surface area contributed by atoms with Crippen molar-refractivity contribution in [3.63, 3.8) is 0 Å². The fourth-order valence-electron chi connectivity index (χ4n) is 2.92. The Balaban J connectivity index is 0. The van der Waals surface area contributed by atoms with Crippen LogP contribution in [0.3, 0.4) is 0 Å². The second-order valence-corrected chi connectivity index (χ2v) is 6.54. The number of aromatic nitrogens is 1. The van der Waals surface area contributed by atoms with E-state index >= 15 is 0 Å². The fraction of sp³-hybridized carbons (Fsp3) is 0.261. The number of pyridine rings is 1. The van der Waals surface area contributed by atoms with Crippen LogP contribution in [0.5, 0.6) is 0 Å². The van der Waals surface area contributed by atoms with E-state index < -0.39 is 0 Å². The molecule has 1 heterocycles. The largest absolute Gasteiger partial charge is 3.00 e. The van der Waals surface area contributed by atoms with Crippen molar-refractivity contribution in [3.8, 4) is 0 Å². The number of nitrogens with zero attached hydrogens (tertiary/aromatic N) is 1. The third-order valence-corrected chi connectivity index (χ3v) is 4.45. The normalized spacial score (nSPS) is 10.6. The maximum Gasteiger partial charge on any atom is 3.00 e. The first kappa shape index (κ1) is 31.4. The molecule has 1 amide bonds. The Morgan fingerprint density at radius 3 is 2.44 bits per heavy atom. The minimum absolute atomic E-state index is 0. The summed E-state index contributed by atoms with van der Waals surface area (Å²) in [6.07, 6.45) is 11.7. The van der Waals surface area contributed by atoms with Crippen molar-refractivity contribution in [2.45, 2.75) is 25.7 Å². The van der Waals surface area contributed by atoms with E-state index in [-0.39, 0.29) is 23.0 Å². The SMILES string of the molecule is O=C(CCCC1=CC=CC1)NCCNc1ccnc2cc(Cl)ccc12.[CH-]=O.[CH-]=O.[CH-]=O.[Mn+3]. The van der Waals surface area contributed by atoms with Crippen molar-refractivity contribution in [1.82, 2.24) is 10.3 Å². The molecule has 7 nitrogen and oxygen atoms in total. The minimum atomic E-state index is 0. The zero-order chi connectivity index (χ0) is 23.5. The summed E-state index contributed by atoms with van der Waals surface area (Å²) in [5.74, 6) is 0.111. The van der Waals surface area contributed by atoms with Crippen LogP contribution in [-0.2, 0) is 36.2 Å². The number of amides is 1. The zero-order valence-electron chi connectivity index (χ0n) is 17.4. The molecular weight excluding hydrogens is 473 g/mol. The van der Waals surface area contributed by atoms with Gasteiger partial charge in [0, 0.05) is 41.8 Å². The molecule has 1 aliphatic rings. The van der Waals surface area contributed by atoms with Crippen LogP contribution in [0.4, 0.5) is 5.69 Å². The second kappa shape index (κ2) is 20.1. The van der Waals surface area contributed by atoms with E-state index in [0.29, 0.717) is 24.5 Å². The van der Waals surface area contributed by atoms with Crippen molar-refractivity contribution in [3.05, 3.63) is 59.3 Å². The number of anilines is 1. The summed E-state index contributed by atoms with van der Waals surface area (Å²) in [6.45, 7) is 11.0. The summed E-state index contributed by atoms with van der Waals surface area (Å²) in [5, 5.41) is 8.01. The first-order valence-electron chi connectivity index (χ1n) is 9.32. The summed E-state index contributed by atoms with van der Waals surface area (Å²) in [7, 11) is 0. The maximum atomic E-state index is 11.9. The van der Waals surface area contributed by atoms with Gasteiger partial charge in [-0.05, 0) is 43.5 Å². The van der Waals surface area contributed by atoms with Crippen molar-refractivity contribution >= 4 is 54.5 Å². The van der Waals surface area contributed by atoms with E-state index in [0.717, 1.165) is 35.9 Å². The molecule has 2 N–H and O–H groups in total. The Labute approximate surface area is 204 Å². The third kappa shape index (κ3) is 11.6. The zero-order valence-corrected chi connectivity index (χ0v) is 19.4. The first-order chi connectivity index (χ1) is 15.2. The predicted molar refractivity (Wildman–Crippen MR) is 124 cm³/mol. The van der Waals surface area contributed by atoms with E-state index in [1.807, 2.05) is 24.3 Å². The summed E-state index contributed by atoms with van der Waals surface area (Å²) < 4.78 is 0. The number of rotatable bonds is 8. The second-order valence-electron chi connectivity index (χ2n) is 6.11. The standard InChI is InChI=1S/C20H22ClN3O.3CHO.Mn/c21-16-8-9-17-18(10-11-22-19(17)14-16)23-12-13-24-20(25)7-3-6-15-4-1-2-5-15;3*1-2;/h1-2,4,8-11,14H,3,5-7,12-13H2,(H,22,23)(H,24,25);3*1H;/q;3*-1;+3. The molecule has 170 valence electrons. The fourth-order valence-corrected chi connectivity index (χ4v) is 3.08. The molecule has 0 bridgehead atoms. The van der Waals surface area contributed by atoms with Gasteiger partial charge in [0.2, 0.25) is 5.91 Å². The molecule has 2 aromatic rings. The molecule has 9 heteroatoms. The van der Waals surface area contributed by atoms with Gasteiger partial charge in [0.25, 0.3) is 0 Å². The van der Waals surface area contributed by atoms with Crippen LogP contribution >= 0.6 is 11.6 Å². The molecule has 32 heavy (non-hydrogen) atoms. The van der Waals surface area contributed by atoms with E-state index in [1.165, 1.54) is 5.57 Å². The molecule has 1 aromatic carbocycles. The molecular formula is C23H25ClMnN3O4. The molecule has 0 atom stereocenters. The van der Waals surface area contributed by atoms with Gasteiger partial charge in [0.05, 0.1) is 5.52 Å². The number of hydrogen-bond donors (Lipinski definition) is 2. The maximum absolute atomic E-state index is 11.9. The molecule has 1 aromatic heterocycles. The van der Waals surface area contributed by atoms with Gasteiger partial charge in [-0.25, -0.2) is 0 Å². The van der Waals surface area contributed by atoms with Crippen LogP contribution in [0.2, 0.25) is 5.02 Å². The average molecular weight is 498 g/mol. The topological polar surface area (TPSA) is 105 Å². The molecule has 1 aliphatic carbocycles. The van der Waals surface area contributed by atoms with Crippen molar-refractivity contribution in [2.75, 3.05) is 18.4 Å². The number of hydrogen-bond acceptors (Lipinski definition) is 6. The Morgan fingerprint density at radius 2 is 1.78 bits per heavy atom. The quantitative estimate of drug-likeness (QED) is 0.250. The molecule has 0 fully saturated rings.